The van der Waals surface area contributed by atoms with E-state index in [1.807, 2.05) is 58.1 Å². The fourth-order valence-corrected chi connectivity index (χ4v) is 3.03. The van der Waals surface area contributed by atoms with Gasteiger partial charge in [-0.05, 0) is 44.5 Å². The van der Waals surface area contributed by atoms with Crippen molar-refractivity contribution >= 4 is 28.4 Å². The summed E-state index contributed by atoms with van der Waals surface area (Å²) in [6, 6.07) is 8.62. The molecule has 0 spiro atoms. The van der Waals surface area contributed by atoms with Crippen molar-refractivity contribution in [3.8, 4) is 5.75 Å². The summed E-state index contributed by atoms with van der Waals surface area (Å²) in [4.78, 5) is 16.8. The van der Waals surface area contributed by atoms with E-state index in [9.17, 15) is 4.79 Å². The van der Waals surface area contributed by atoms with Crippen molar-refractivity contribution in [3.63, 3.8) is 0 Å². The smallest absolute Gasteiger partial charge is 0.336 e. The monoisotopic (exact) mass is 399 g/mol. The molecule has 0 unspecified atom stereocenters. The molecule has 3 rings (SSSR count). The Morgan fingerprint density at radius 2 is 1.93 bits per heavy atom. The maximum Gasteiger partial charge on any atom is 0.336 e. The summed E-state index contributed by atoms with van der Waals surface area (Å²) in [7, 11) is 0. The first kappa shape index (κ1) is 23.4. The van der Waals surface area contributed by atoms with Crippen LogP contribution in [0.25, 0.3) is 17.0 Å². The van der Waals surface area contributed by atoms with Crippen LogP contribution in [0.15, 0.2) is 58.3 Å². The highest BCUT2D eigenvalue weighted by molar-refractivity contribution is 7.12. The highest BCUT2D eigenvalue weighted by Crippen LogP contribution is 2.24. The average Bonchev–Trinajstić information content (AvgIpc) is 3.07. The molecule has 0 saturated heterocycles. The first-order valence-electron chi connectivity index (χ1n) is 9.44. The number of rotatable bonds is 5. The van der Waals surface area contributed by atoms with E-state index in [1.165, 1.54) is 6.07 Å². The van der Waals surface area contributed by atoms with E-state index in [2.05, 4.69) is 18.5 Å². The van der Waals surface area contributed by atoms with Crippen LogP contribution < -0.4 is 10.4 Å². The van der Waals surface area contributed by atoms with Gasteiger partial charge in [-0.15, -0.1) is 17.9 Å². The van der Waals surface area contributed by atoms with Gasteiger partial charge in [-0.2, -0.15) is 0 Å². The predicted octanol–water partition coefficient (Wildman–Crippen LogP) is 6.78. The Balaban J connectivity index is 0.000000583. The molecule has 0 aliphatic rings. The fraction of sp³-hybridized carbons (Fsp3) is 0.304. The second-order valence-corrected chi connectivity index (χ2v) is 6.62. The first-order chi connectivity index (χ1) is 13.6. The van der Waals surface area contributed by atoms with E-state index in [4.69, 9.17) is 9.15 Å². The SMILES string of the molecule is C/C=C/c1nc(C)c(COc2ccc3ccc(=O)oc3c2)s1.C=CCC.CC. The summed E-state index contributed by atoms with van der Waals surface area (Å²) in [5.41, 5.74) is 1.14. The molecule has 2 heterocycles. The normalized spacial score (nSPS) is 10.0. The first-order valence-corrected chi connectivity index (χ1v) is 10.3. The van der Waals surface area contributed by atoms with Gasteiger partial charge < -0.3 is 9.15 Å². The van der Waals surface area contributed by atoms with Gasteiger partial charge in [-0.1, -0.05) is 32.9 Å². The van der Waals surface area contributed by atoms with Crippen LogP contribution in [0.4, 0.5) is 0 Å². The van der Waals surface area contributed by atoms with E-state index >= 15 is 0 Å². The van der Waals surface area contributed by atoms with Crippen LogP contribution in [0.5, 0.6) is 5.75 Å². The van der Waals surface area contributed by atoms with Crippen LogP contribution in [0.1, 0.15) is 49.7 Å². The predicted molar refractivity (Wildman–Crippen MR) is 120 cm³/mol. The van der Waals surface area contributed by atoms with Crippen molar-refractivity contribution < 1.29 is 9.15 Å². The summed E-state index contributed by atoms with van der Waals surface area (Å²) in [5, 5.41) is 1.85. The standard InChI is InChI=1S/C17H15NO3S.C4H8.C2H6/c1-3-4-16-18-11(2)15(22-16)10-20-13-7-5-12-6-8-17(19)21-14(12)9-13;1-3-4-2;1-2/h3-9H,10H2,1-2H3;3H,1,4H2,2H3;1-2H3/b4-3+;;. The van der Waals surface area contributed by atoms with E-state index in [-0.39, 0.29) is 5.63 Å². The molecule has 28 heavy (non-hydrogen) atoms. The molecule has 1 aromatic carbocycles. The Morgan fingerprint density at radius 3 is 2.57 bits per heavy atom. The molecule has 0 radical (unpaired) electrons. The van der Waals surface area contributed by atoms with E-state index in [1.54, 1.807) is 23.5 Å². The quantitative estimate of drug-likeness (QED) is 0.350. The Hall–Kier alpha value is -2.66. The number of nitrogens with zero attached hydrogens (tertiary/aromatic N) is 1. The lowest BCUT2D eigenvalue weighted by atomic mass is 10.2. The molecule has 0 atom stereocenters. The number of ether oxygens (including phenoxy) is 1. The number of benzene rings is 1. The second kappa shape index (κ2) is 12.7. The zero-order chi connectivity index (χ0) is 20.9. The van der Waals surface area contributed by atoms with Crippen molar-refractivity contribution in [2.45, 2.75) is 47.6 Å². The van der Waals surface area contributed by atoms with Crippen molar-refractivity contribution in [3.05, 3.63) is 75.1 Å². The number of fused-ring (bicyclic) bond motifs is 1. The Morgan fingerprint density at radius 1 is 1.25 bits per heavy atom. The van der Waals surface area contributed by atoms with Gasteiger partial charge >= 0.3 is 5.63 Å². The maximum atomic E-state index is 11.3. The summed E-state index contributed by atoms with van der Waals surface area (Å²) in [6.45, 7) is 13.9. The molecule has 0 saturated carbocycles. The van der Waals surface area contributed by atoms with Crippen molar-refractivity contribution in [2.75, 3.05) is 0 Å². The average molecular weight is 400 g/mol. The molecule has 150 valence electrons. The number of thiazole rings is 1. The highest BCUT2D eigenvalue weighted by Gasteiger charge is 2.07. The molecular weight excluding hydrogens is 370 g/mol. The second-order valence-electron chi connectivity index (χ2n) is 5.50. The topological polar surface area (TPSA) is 52.3 Å². The Labute approximate surface area is 171 Å². The third-order valence-corrected chi connectivity index (χ3v) is 4.57. The van der Waals surface area contributed by atoms with Crippen molar-refractivity contribution in [1.82, 2.24) is 4.98 Å². The van der Waals surface area contributed by atoms with E-state index in [0.717, 1.165) is 27.4 Å². The van der Waals surface area contributed by atoms with Gasteiger partial charge in [-0.25, -0.2) is 9.78 Å². The highest BCUT2D eigenvalue weighted by atomic mass is 32.1. The van der Waals surface area contributed by atoms with Crippen LogP contribution in [-0.2, 0) is 6.61 Å². The molecule has 0 amide bonds. The Bertz CT molecular complexity index is 954. The summed E-state index contributed by atoms with van der Waals surface area (Å²) < 4.78 is 11.0. The van der Waals surface area contributed by atoms with Crippen molar-refractivity contribution in [2.24, 2.45) is 0 Å². The van der Waals surface area contributed by atoms with Gasteiger partial charge in [0, 0.05) is 17.5 Å². The maximum absolute atomic E-state index is 11.3. The Kier molecular flexibility index (Phi) is 10.6. The fourth-order valence-electron chi connectivity index (χ4n) is 2.08. The number of aryl methyl sites for hydroxylation is 1. The summed E-state index contributed by atoms with van der Waals surface area (Å²) in [6.07, 6.45) is 6.90. The van der Waals surface area contributed by atoms with Crippen LogP contribution in [-0.4, -0.2) is 4.98 Å². The summed E-state index contributed by atoms with van der Waals surface area (Å²) >= 11 is 1.61. The summed E-state index contributed by atoms with van der Waals surface area (Å²) in [5.74, 6) is 0.669. The van der Waals surface area contributed by atoms with Crippen LogP contribution >= 0.6 is 11.3 Å². The zero-order valence-corrected chi connectivity index (χ0v) is 18.1. The minimum Gasteiger partial charge on any atom is -0.488 e. The van der Waals surface area contributed by atoms with Crippen LogP contribution in [0, 0.1) is 6.92 Å². The van der Waals surface area contributed by atoms with Crippen LogP contribution in [0.3, 0.4) is 0 Å². The third-order valence-electron chi connectivity index (χ3n) is 3.47. The lowest BCUT2D eigenvalue weighted by Gasteiger charge is -2.05. The molecule has 0 fully saturated rings. The minimum absolute atomic E-state index is 0.362. The molecule has 5 heteroatoms. The van der Waals surface area contributed by atoms with Gasteiger partial charge in [0.15, 0.2) is 0 Å². The third kappa shape index (κ3) is 7.16. The van der Waals surface area contributed by atoms with Gasteiger partial charge in [0.25, 0.3) is 0 Å². The molecule has 4 nitrogen and oxygen atoms in total. The van der Waals surface area contributed by atoms with Gasteiger partial charge in [0.2, 0.25) is 0 Å². The van der Waals surface area contributed by atoms with Crippen LogP contribution in [0.2, 0.25) is 0 Å². The number of hydrogen-bond acceptors (Lipinski definition) is 5. The molecule has 0 bridgehead atoms. The lowest BCUT2D eigenvalue weighted by molar-refractivity contribution is 0.308. The zero-order valence-electron chi connectivity index (χ0n) is 17.3. The molecule has 0 aliphatic heterocycles. The van der Waals surface area contributed by atoms with Gasteiger partial charge in [0.05, 0.1) is 10.6 Å². The molecule has 3 aromatic rings. The molecular formula is C23H29NO3S. The molecule has 0 aliphatic carbocycles. The number of aromatic nitrogens is 1. The minimum atomic E-state index is -0.362. The number of hydrogen-bond donors (Lipinski definition) is 0. The molecule has 2 aromatic heterocycles. The lowest BCUT2D eigenvalue weighted by Crippen LogP contribution is -1.97. The number of allylic oxidation sites excluding steroid dienone is 2. The van der Waals surface area contributed by atoms with E-state index in [0.29, 0.717) is 17.9 Å². The van der Waals surface area contributed by atoms with Crippen molar-refractivity contribution in [1.29, 1.82) is 0 Å². The largest absolute Gasteiger partial charge is 0.488 e. The van der Waals surface area contributed by atoms with E-state index < -0.39 is 0 Å². The van der Waals surface area contributed by atoms with Gasteiger partial charge in [0.1, 0.15) is 22.9 Å². The molecule has 0 N–H and O–H groups in total. The van der Waals surface area contributed by atoms with Gasteiger partial charge in [-0.3, -0.25) is 0 Å².